The van der Waals surface area contributed by atoms with E-state index in [4.69, 9.17) is 4.98 Å². The van der Waals surface area contributed by atoms with Crippen LogP contribution in [0.2, 0.25) is 0 Å². The first kappa shape index (κ1) is 24.4. The van der Waals surface area contributed by atoms with Crippen LogP contribution in [-0.2, 0) is 12.8 Å². The van der Waals surface area contributed by atoms with Crippen molar-refractivity contribution in [2.24, 2.45) is 0 Å². The lowest BCUT2D eigenvalue weighted by Crippen LogP contribution is -1.93. The molecule has 0 atom stereocenters. The van der Waals surface area contributed by atoms with Crippen molar-refractivity contribution in [3.05, 3.63) is 162 Å². The number of pyridine rings is 3. The molecule has 39 heavy (non-hydrogen) atoms. The molecule has 0 radical (unpaired) electrons. The van der Waals surface area contributed by atoms with Gasteiger partial charge in [-0.3, -0.25) is 15.0 Å². The fraction of sp³-hybridized carbons (Fsp3) is 0.0833. The molecule has 0 bridgehead atoms. The second-order valence-corrected chi connectivity index (χ2v) is 9.89. The highest BCUT2D eigenvalue weighted by atomic mass is 14.7. The van der Waals surface area contributed by atoms with Crippen molar-refractivity contribution >= 4 is 0 Å². The van der Waals surface area contributed by atoms with E-state index in [1.807, 2.05) is 43.7 Å². The van der Waals surface area contributed by atoms with Gasteiger partial charge in [0.25, 0.3) is 0 Å². The van der Waals surface area contributed by atoms with Gasteiger partial charge >= 0.3 is 0 Å². The van der Waals surface area contributed by atoms with Gasteiger partial charge < -0.3 is 0 Å². The Bertz CT molecular complexity index is 1650. The zero-order chi connectivity index (χ0) is 26.4. The van der Waals surface area contributed by atoms with E-state index >= 15 is 0 Å². The smallest absolute Gasteiger partial charge is 0.0702 e. The van der Waals surface area contributed by atoms with Crippen LogP contribution in [0.1, 0.15) is 28.1 Å². The second-order valence-electron chi connectivity index (χ2n) is 9.89. The van der Waals surface area contributed by atoms with Gasteiger partial charge in [-0.25, -0.2) is 0 Å². The Kier molecular flexibility index (Phi) is 7.05. The number of hydrogen-bond acceptors (Lipinski definition) is 3. The molecular weight excluding hydrogens is 474 g/mol. The largest absolute Gasteiger partial charge is 0.262 e. The van der Waals surface area contributed by atoms with Gasteiger partial charge in [-0.05, 0) is 71.0 Å². The molecule has 0 amide bonds. The van der Waals surface area contributed by atoms with E-state index in [0.717, 1.165) is 41.1 Å². The summed E-state index contributed by atoms with van der Waals surface area (Å²) in [5.41, 5.74) is 12.7. The monoisotopic (exact) mass is 503 g/mol. The highest BCUT2D eigenvalue weighted by Gasteiger charge is 2.05. The van der Waals surface area contributed by atoms with Crippen LogP contribution >= 0.6 is 0 Å². The zero-order valence-electron chi connectivity index (χ0n) is 22.0. The Morgan fingerprint density at radius 3 is 1.77 bits per heavy atom. The van der Waals surface area contributed by atoms with Gasteiger partial charge in [0.15, 0.2) is 0 Å². The van der Waals surface area contributed by atoms with Crippen molar-refractivity contribution in [1.29, 1.82) is 0 Å². The molecule has 0 unspecified atom stereocenters. The number of hydrogen-bond donors (Lipinski definition) is 0. The van der Waals surface area contributed by atoms with E-state index in [9.17, 15) is 0 Å². The molecule has 3 nitrogen and oxygen atoms in total. The van der Waals surface area contributed by atoms with E-state index in [1.165, 1.54) is 33.4 Å². The van der Waals surface area contributed by atoms with Crippen LogP contribution in [-0.4, -0.2) is 15.0 Å². The van der Waals surface area contributed by atoms with E-state index in [-0.39, 0.29) is 0 Å². The molecule has 6 aromatic rings. The van der Waals surface area contributed by atoms with Crippen molar-refractivity contribution in [1.82, 2.24) is 15.0 Å². The number of aryl methyl sites for hydroxylation is 1. The molecule has 0 aliphatic rings. The number of nitrogens with zero attached hydrogens (tertiary/aromatic N) is 3. The number of aromatic nitrogens is 3. The van der Waals surface area contributed by atoms with Gasteiger partial charge in [0.05, 0.1) is 5.69 Å². The zero-order valence-corrected chi connectivity index (χ0v) is 22.0. The van der Waals surface area contributed by atoms with Gasteiger partial charge in [0, 0.05) is 47.5 Å². The van der Waals surface area contributed by atoms with Crippen LogP contribution in [0.5, 0.6) is 0 Å². The van der Waals surface area contributed by atoms with Crippen molar-refractivity contribution in [2.45, 2.75) is 19.8 Å². The third-order valence-corrected chi connectivity index (χ3v) is 6.98. The summed E-state index contributed by atoms with van der Waals surface area (Å²) in [5.74, 6) is 0. The summed E-state index contributed by atoms with van der Waals surface area (Å²) in [7, 11) is 0. The normalized spacial score (nSPS) is 10.9. The number of benzene rings is 3. The molecule has 3 heterocycles. The average Bonchev–Trinajstić information content (AvgIpc) is 2.99. The summed E-state index contributed by atoms with van der Waals surface area (Å²) < 4.78 is 0. The molecule has 3 heteroatoms. The molecule has 0 spiro atoms. The Morgan fingerprint density at radius 2 is 1.13 bits per heavy atom. The average molecular weight is 504 g/mol. The third-order valence-electron chi connectivity index (χ3n) is 6.98. The van der Waals surface area contributed by atoms with E-state index < -0.39 is 0 Å². The maximum atomic E-state index is 4.75. The van der Waals surface area contributed by atoms with Crippen LogP contribution < -0.4 is 0 Å². The molecule has 0 fully saturated rings. The summed E-state index contributed by atoms with van der Waals surface area (Å²) in [6.45, 7) is 2.02. The highest BCUT2D eigenvalue weighted by Crippen LogP contribution is 2.24. The molecule has 0 saturated heterocycles. The molecule has 0 aliphatic carbocycles. The molecule has 3 aromatic carbocycles. The number of rotatable bonds is 7. The van der Waals surface area contributed by atoms with E-state index in [0.29, 0.717) is 0 Å². The molecule has 188 valence electrons. The topological polar surface area (TPSA) is 38.7 Å². The highest BCUT2D eigenvalue weighted by molar-refractivity contribution is 5.65. The summed E-state index contributed by atoms with van der Waals surface area (Å²) in [6, 6.07) is 40.5. The Labute approximate surface area is 229 Å². The first-order valence-corrected chi connectivity index (χ1v) is 13.3. The molecule has 0 N–H and O–H groups in total. The van der Waals surface area contributed by atoms with Crippen LogP contribution in [0.3, 0.4) is 0 Å². The molecule has 0 saturated carbocycles. The SMILES string of the molecule is Cc1cc(-c2ccc(Cc3ccc(-c4ccc(Cc5ccc(-c6ccccc6)nc5)cc4)cn3)cc2)ccn1. The maximum absolute atomic E-state index is 4.75. The Hall–Kier alpha value is -4.89. The predicted molar refractivity (Wildman–Crippen MR) is 159 cm³/mol. The lowest BCUT2D eigenvalue weighted by atomic mass is 10.0. The molecular formula is C36H29N3. The van der Waals surface area contributed by atoms with Gasteiger partial charge in [-0.2, -0.15) is 0 Å². The minimum Gasteiger partial charge on any atom is -0.262 e. The quantitative estimate of drug-likeness (QED) is 0.220. The van der Waals surface area contributed by atoms with Crippen molar-refractivity contribution < 1.29 is 0 Å². The first-order valence-electron chi connectivity index (χ1n) is 13.3. The van der Waals surface area contributed by atoms with Gasteiger partial charge in [-0.1, -0.05) is 91.0 Å². The predicted octanol–water partition coefficient (Wildman–Crippen LogP) is 8.36. The summed E-state index contributed by atoms with van der Waals surface area (Å²) in [5, 5.41) is 0. The van der Waals surface area contributed by atoms with E-state index in [1.54, 1.807) is 0 Å². The molecule has 6 rings (SSSR count). The third kappa shape index (κ3) is 6.00. The van der Waals surface area contributed by atoms with Crippen molar-refractivity contribution in [3.8, 4) is 33.5 Å². The molecule has 0 aliphatic heterocycles. The van der Waals surface area contributed by atoms with Crippen LogP contribution in [0, 0.1) is 6.92 Å². The van der Waals surface area contributed by atoms with Gasteiger partial charge in [0.1, 0.15) is 0 Å². The minimum absolute atomic E-state index is 0.811. The Balaban J connectivity index is 1.08. The van der Waals surface area contributed by atoms with Gasteiger partial charge in [-0.15, -0.1) is 0 Å². The maximum Gasteiger partial charge on any atom is 0.0702 e. The lowest BCUT2D eigenvalue weighted by molar-refractivity contribution is 1.08. The second kappa shape index (κ2) is 11.2. The summed E-state index contributed by atoms with van der Waals surface area (Å²) in [6.07, 6.45) is 7.49. The standard InChI is InChI=1S/C36H29N3/c1-26-21-33(19-20-37-26)30-12-9-28(10-13-30)23-35-17-16-34(25-38-35)31-14-7-27(8-15-31)22-29-11-18-36(39-24-29)32-5-3-2-4-6-32/h2-21,24-25H,22-23H2,1H3. The Morgan fingerprint density at radius 1 is 0.462 bits per heavy atom. The fourth-order valence-corrected chi connectivity index (χ4v) is 4.81. The van der Waals surface area contributed by atoms with Crippen molar-refractivity contribution in [3.63, 3.8) is 0 Å². The summed E-state index contributed by atoms with van der Waals surface area (Å²) >= 11 is 0. The van der Waals surface area contributed by atoms with Crippen LogP contribution in [0.25, 0.3) is 33.5 Å². The van der Waals surface area contributed by atoms with Crippen molar-refractivity contribution in [2.75, 3.05) is 0 Å². The van der Waals surface area contributed by atoms with Crippen LogP contribution in [0.15, 0.2) is 134 Å². The minimum atomic E-state index is 0.811. The first-order chi connectivity index (χ1) is 19.2. The molecule has 3 aromatic heterocycles. The van der Waals surface area contributed by atoms with E-state index in [2.05, 4.69) is 107 Å². The summed E-state index contributed by atoms with van der Waals surface area (Å²) in [4.78, 5) is 13.7. The van der Waals surface area contributed by atoms with Crippen LogP contribution in [0.4, 0.5) is 0 Å². The lowest BCUT2D eigenvalue weighted by Gasteiger charge is -2.08. The fourth-order valence-electron chi connectivity index (χ4n) is 4.81. The van der Waals surface area contributed by atoms with Gasteiger partial charge in [0.2, 0.25) is 0 Å².